The molecule has 1 rings (SSSR count). The number of carbonyl (C=O) groups is 1. The number of nitrogens with one attached hydrogen (secondary N) is 1. The van der Waals surface area contributed by atoms with Gasteiger partial charge in [0.1, 0.15) is 5.75 Å². The number of hydrogen-bond donors (Lipinski definition) is 1. The number of carbonyl (C=O) groups excluding carboxylic acids is 1. The van der Waals surface area contributed by atoms with Crippen LogP contribution in [-0.2, 0) is 16.0 Å². The lowest BCUT2D eigenvalue weighted by atomic mass is 10.1. The van der Waals surface area contributed by atoms with Crippen LogP contribution in [0.4, 0.5) is 0 Å². The maximum Gasteiger partial charge on any atom is 0.224 e. The third-order valence-electron chi connectivity index (χ3n) is 2.44. The summed E-state index contributed by atoms with van der Waals surface area (Å²) in [5.41, 5.74) is 0.957. The normalized spacial score (nSPS) is 11.9. The Balaban J connectivity index is 2.47. The van der Waals surface area contributed by atoms with E-state index in [1.165, 1.54) is 0 Å². The molecule has 0 saturated heterocycles. The van der Waals surface area contributed by atoms with E-state index in [4.69, 9.17) is 9.47 Å². The molecule has 1 amide bonds. The van der Waals surface area contributed by atoms with Crippen molar-refractivity contribution in [2.45, 2.75) is 12.5 Å². The molecule has 4 nitrogen and oxygen atoms in total. The van der Waals surface area contributed by atoms with Crippen molar-refractivity contribution in [3.8, 4) is 5.75 Å². The topological polar surface area (TPSA) is 47.6 Å². The summed E-state index contributed by atoms with van der Waals surface area (Å²) in [6.45, 7) is 0.500. The minimum absolute atomic E-state index is 0.000693. The van der Waals surface area contributed by atoms with Crippen LogP contribution in [-0.4, -0.2) is 38.1 Å². The van der Waals surface area contributed by atoms with Gasteiger partial charge in [0, 0.05) is 12.4 Å². The lowest BCUT2D eigenvalue weighted by Crippen LogP contribution is -2.40. The Hall–Kier alpha value is -1.07. The molecule has 18 heavy (non-hydrogen) atoms. The van der Waals surface area contributed by atoms with Crippen LogP contribution in [0.3, 0.4) is 0 Å². The van der Waals surface area contributed by atoms with Gasteiger partial charge in [0.2, 0.25) is 5.91 Å². The van der Waals surface area contributed by atoms with E-state index in [-0.39, 0.29) is 11.9 Å². The van der Waals surface area contributed by atoms with Crippen molar-refractivity contribution in [3.63, 3.8) is 0 Å². The van der Waals surface area contributed by atoms with E-state index in [9.17, 15) is 4.79 Å². The van der Waals surface area contributed by atoms with E-state index in [0.29, 0.717) is 18.4 Å². The van der Waals surface area contributed by atoms with E-state index < -0.39 is 0 Å². The SMILES string of the molecule is COCC(CBr)NC(=O)Cc1ccc(OC)cc1. The summed E-state index contributed by atoms with van der Waals surface area (Å²) in [5, 5.41) is 3.58. The van der Waals surface area contributed by atoms with Gasteiger partial charge in [0.05, 0.1) is 26.2 Å². The molecule has 1 aromatic carbocycles. The molecule has 0 spiro atoms. The Labute approximate surface area is 116 Å². The average molecular weight is 316 g/mol. The minimum Gasteiger partial charge on any atom is -0.497 e. The zero-order chi connectivity index (χ0) is 13.4. The number of alkyl halides is 1. The highest BCUT2D eigenvalue weighted by Gasteiger charge is 2.11. The van der Waals surface area contributed by atoms with Crippen LogP contribution >= 0.6 is 15.9 Å². The van der Waals surface area contributed by atoms with Crippen molar-refractivity contribution < 1.29 is 14.3 Å². The Bertz CT molecular complexity index is 367. The number of benzene rings is 1. The van der Waals surface area contributed by atoms with Gasteiger partial charge in [-0.2, -0.15) is 0 Å². The van der Waals surface area contributed by atoms with Crippen molar-refractivity contribution >= 4 is 21.8 Å². The standard InChI is InChI=1S/C13H18BrNO3/c1-17-9-11(8-14)15-13(16)7-10-3-5-12(18-2)6-4-10/h3-6,11H,7-9H2,1-2H3,(H,15,16). The van der Waals surface area contributed by atoms with Gasteiger partial charge in [-0.15, -0.1) is 0 Å². The van der Waals surface area contributed by atoms with Gasteiger partial charge in [-0.05, 0) is 17.7 Å². The summed E-state index contributed by atoms with van der Waals surface area (Å²) in [6.07, 6.45) is 0.358. The van der Waals surface area contributed by atoms with E-state index in [2.05, 4.69) is 21.2 Å². The van der Waals surface area contributed by atoms with Gasteiger partial charge in [0.25, 0.3) is 0 Å². The van der Waals surface area contributed by atoms with Gasteiger partial charge in [-0.1, -0.05) is 28.1 Å². The fourth-order valence-electron chi connectivity index (χ4n) is 1.53. The second-order valence-corrected chi connectivity index (χ2v) is 4.55. The molecule has 0 aromatic heterocycles. The van der Waals surface area contributed by atoms with Gasteiger partial charge >= 0.3 is 0 Å². The number of hydrogen-bond acceptors (Lipinski definition) is 3. The summed E-state index contributed by atoms with van der Waals surface area (Å²) in [4.78, 5) is 11.8. The molecule has 1 unspecified atom stereocenters. The minimum atomic E-state index is -0.0123. The van der Waals surface area contributed by atoms with Crippen molar-refractivity contribution in [2.24, 2.45) is 0 Å². The number of halogens is 1. The first-order valence-electron chi connectivity index (χ1n) is 5.66. The molecular formula is C13H18BrNO3. The van der Waals surface area contributed by atoms with Crippen LogP contribution in [0.2, 0.25) is 0 Å². The van der Waals surface area contributed by atoms with Gasteiger partial charge in [0.15, 0.2) is 0 Å². The summed E-state index contributed by atoms with van der Waals surface area (Å²) < 4.78 is 10.1. The first-order chi connectivity index (χ1) is 8.69. The van der Waals surface area contributed by atoms with E-state index in [0.717, 1.165) is 11.3 Å². The average Bonchev–Trinajstić information content (AvgIpc) is 2.39. The number of rotatable bonds is 7. The zero-order valence-electron chi connectivity index (χ0n) is 10.6. The molecule has 0 radical (unpaired) electrons. The third-order valence-corrected chi connectivity index (χ3v) is 3.22. The quantitative estimate of drug-likeness (QED) is 0.780. The summed E-state index contributed by atoms with van der Waals surface area (Å²) in [6, 6.07) is 7.47. The van der Waals surface area contributed by atoms with Gasteiger partial charge in [-0.25, -0.2) is 0 Å². The van der Waals surface area contributed by atoms with Gasteiger partial charge < -0.3 is 14.8 Å². The molecule has 0 saturated carbocycles. The molecule has 0 aliphatic rings. The first kappa shape index (κ1) is 15.0. The Morgan fingerprint density at radius 2 is 2.00 bits per heavy atom. The maximum absolute atomic E-state index is 11.8. The number of methoxy groups -OCH3 is 2. The summed E-state index contributed by atoms with van der Waals surface area (Å²) in [7, 11) is 3.23. The molecule has 100 valence electrons. The molecule has 0 aliphatic carbocycles. The fraction of sp³-hybridized carbons (Fsp3) is 0.462. The highest BCUT2D eigenvalue weighted by Crippen LogP contribution is 2.11. The van der Waals surface area contributed by atoms with E-state index >= 15 is 0 Å². The smallest absolute Gasteiger partial charge is 0.224 e. The Morgan fingerprint density at radius 3 is 2.50 bits per heavy atom. The van der Waals surface area contributed by atoms with Crippen molar-refractivity contribution in [3.05, 3.63) is 29.8 Å². The predicted octanol–water partition coefficient (Wildman–Crippen LogP) is 1.76. The second kappa shape index (κ2) is 8.11. The molecular weight excluding hydrogens is 298 g/mol. The van der Waals surface area contributed by atoms with Crippen molar-refractivity contribution in [1.82, 2.24) is 5.32 Å². The van der Waals surface area contributed by atoms with Crippen LogP contribution in [0.5, 0.6) is 5.75 Å². The number of ether oxygens (including phenoxy) is 2. The van der Waals surface area contributed by atoms with Crippen LogP contribution in [0.15, 0.2) is 24.3 Å². The third kappa shape index (κ3) is 5.06. The number of amides is 1. The summed E-state index contributed by atoms with van der Waals surface area (Å²) >= 11 is 3.34. The zero-order valence-corrected chi connectivity index (χ0v) is 12.2. The molecule has 1 atom stereocenters. The predicted molar refractivity (Wildman–Crippen MR) is 74.3 cm³/mol. The van der Waals surface area contributed by atoms with E-state index in [1.54, 1.807) is 14.2 Å². The van der Waals surface area contributed by atoms with Crippen molar-refractivity contribution in [2.75, 3.05) is 26.2 Å². The van der Waals surface area contributed by atoms with Gasteiger partial charge in [-0.3, -0.25) is 4.79 Å². The first-order valence-corrected chi connectivity index (χ1v) is 6.79. The second-order valence-electron chi connectivity index (χ2n) is 3.90. The molecule has 0 fully saturated rings. The fourth-order valence-corrected chi connectivity index (χ4v) is 1.88. The molecule has 5 heteroatoms. The highest BCUT2D eigenvalue weighted by atomic mass is 79.9. The van der Waals surface area contributed by atoms with E-state index in [1.807, 2.05) is 24.3 Å². The molecule has 0 bridgehead atoms. The molecule has 1 N–H and O–H groups in total. The van der Waals surface area contributed by atoms with Crippen LogP contribution in [0.25, 0.3) is 0 Å². The largest absolute Gasteiger partial charge is 0.497 e. The Kier molecular flexibility index (Phi) is 6.75. The highest BCUT2D eigenvalue weighted by molar-refractivity contribution is 9.09. The molecule has 0 heterocycles. The van der Waals surface area contributed by atoms with Crippen LogP contribution in [0, 0.1) is 0 Å². The van der Waals surface area contributed by atoms with Crippen molar-refractivity contribution in [1.29, 1.82) is 0 Å². The molecule has 1 aromatic rings. The summed E-state index contributed by atoms with van der Waals surface area (Å²) in [5.74, 6) is 0.776. The monoisotopic (exact) mass is 315 g/mol. The molecule has 0 aliphatic heterocycles. The lowest BCUT2D eigenvalue weighted by molar-refractivity contribution is -0.121. The Morgan fingerprint density at radius 1 is 1.33 bits per heavy atom. The van der Waals surface area contributed by atoms with Crippen LogP contribution in [0.1, 0.15) is 5.56 Å². The van der Waals surface area contributed by atoms with Crippen LogP contribution < -0.4 is 10.1 Å². The maximum atomic E-state index is 11.8. The lowest BCUT2D eigenvalue weighted by Gasteiger charge is -2.15.